The van der Waals surface area contributed by atoms with Crippen molar-refractivity contribution in [3.05, 3.63) is 79.9 Å². The molecule has 10 heteroatoms. The van der Waals surface area contributed by atoms with Crippen LogP contribution < -0.4 is 0 Å². The number of halogens is 6. The second kappa shape index (κ2) is 6.95. The lowest BCUT2D eigenvalue weighted by Gasteiger charge is -2.05. The number of rotatable bonds is 4. The number of nitrogens with zero attached hydrogens (tertiary/aromatic N) is 1. The van der Waals surface area contributed by atoms with E-state index in [-0.39, 0.29) is 11.0 Å². The van der Waals surface area contributed by atoms with Gasteiger partial charge >= 0.3 is 5.03 Å². The Labute approximate surface area is 134 Å². The van der Waals surface area contributed by atoms with E-state index < -0.39 is 50.4 Å². The van der Waals surface area contributed by atoms with E-state index in [1.165, 1.54) is 0 Å². The van der Waals surface area contributed by atoms with Gasteiger partial charge in [-0.25, -0.2) is 26.3 Å². The highest BCUT2D eigenvalue weighted by Gasteiger charge is 2.26. The van der Waals surface area contributed by atoms with Crippen LogP contribution in [0.15, 0.2) is 34.2 Å². The molecule has 0 aliphatic carbocycles. The molecule has 0 bridgehead atoms. The molecule has 0 fully saturated rings. The minimum absolute atomic E-state index is 0.128. The molecule has 0 N–H and O–H groups in total. The highest BCUT2D eigenvalue weighted by atomic mass is 32.2. The zero-order valence-electron chi connectivity index (χ0n) is 11.3. The number of hydrogen-bond acceptors (Lipinski definition) is 3. The predicted octanol–water partition coefficient (Wildman–Crippen LogP) is 4.89. The van der Waals surface area contributed by atoms with E-state index in [0.717, 1.165) is 24.3 Å². The third kappa shape index (κ3) is 3.53. The summed E-state index contributed by atoms with van der Waals surface area (Å²) < 4.78 is 79.1. The summed E-state index contributed by atoms with van der Waals surface area (Å²) in [5.74, 6) is -11.8. The summed E-state index contributed by atoms with van der Waals surface area (Å²) in [5.41, 5.74) is -1.44. The lowest BCUT2D eigenvalue weighted by molar-refractivity contribution is -0.408. The molecular weight excluding hydrogens is 360 g/mol. The van der Waals surface area contributed by atoms with Crippen molar-refractivity contribution in [1.82, 2.24) is 0 Å². The topological polar surface area (TPSA) is 43.1 Å². The maximum absolute atomic E-state index is 13.6. The normalized spacial score (nSPS) is 11.7. The fraction of sp³-hybridized carbons (Fsp3) is 0. The van der Waals surface area contributed by atoms with Gasteiger partial charge < -0.3 is 0 Å². The van der Waals surface area contributed by atoms with Gasteiger partial charge in [0.15, 0.2) is 23.3 Å². The summed E-state index contributed by atoms with van der Waals surface area (Å²) in [6.45, 7) is 0. The lowest BCUT2D eigenvalue weighted by Crippen LogP contribution is -2.05. The molecular formula is C14H5F6NO2S. The Morgan fingerprint density at radius 2 is 1.33 bits per heavy atom. The smallest absolute Gasteiger partial charge is 0.258 e. The van der Waals surface area contributed by atoms with Crippen LogP contribution in [0.4, 0.5) is 26.3 Å². The average Bonchev–Trinajstić information content (AvgIpc) is 2.55. The van der Waals surface area contributed by atoms with Crippen LogP contribution in [0.25, 0.3) is 6.08 Å². The Bertz CT molecular complexity index is 809. The minimum Gasteiger partial charge on any atom is -0.258 e. The van der Waals surface area contributed by atoms with E-state index in [1.807, 2.05) is 0 Å². The Hall–Kier alpha value is -2.49. The van der Waals surface area contributed by atoms with E-state index >= 15 is 0 Å². The van der Waals surface area contributed by atoms with Gasteiger partial charge in [-0.15, -0.1) is 0 Å². The van der Waals surface area contributed by atoms with Crippen molar-refractivity contribution in [3.63, 3.8) is 0 Å². The summed E-state index contributed by atoms with van der Waals surface area (Å²) >= 11 is 0.357. The molecule has 0 unspecified atom stereocenters. The molecule has 0 aliphatic heterocycles. The first-order valence-corrected chi connectivity index (χ1v) is 6.85. The Kier molecular flexibility index (Phi) is 5.17. The molecule has 0 atom stereocenters. The van der Waals surface area contributed by atoms with Crippen molar-refractivity contribution in [1.29, 1.82) is 0 Å². The van der Waals surface area contributed by atoms with Gasteiger partial charge in [0.25, 0.3) is 0 Å². The monoisotopic (exact) mass is 365 g/mol. The molecule has 0 spiro atoms. The van der Waals surface area contributed by atoms with E-state index in [4.69, 9.17) is 0 Å². The van der Waals surface area contributed by atoms with Crippen LogP contribution in [0.1, 0.15) is 5.56 Å². The van der Waals surface area contributed by atoms with Crippen LogP contribution in [-0.2, 0) is 0 Å². The van der Waals surface area contributed by atoms with Gasteiger partial charge in [0, 0.05) is 11.0 Å². The van der Waals surface area contributed by atoms with E-state index in [0.29, 0.717) is 11.8 Å². The van der Waals surface area contributed by atoms with Gasteiger partial charge in [0.1, 0.15) is 5.82 Å². The first-order chi connectivity index (χ1) is 11.2. The molecule has 126 valence electrons. The standard InChI is InChI=1S/C14H5F6NO2S/c15-6-1-3-7(4-2-6)24-9(21(22)23)5-8-10(16)12(18)14(20)13(19)11(8)17/h1-5H/b9-5+. The summed E-state index contributed by atoms with van der Waals surface area (Å²) in [7, 11) is 0. The minimum atomic E-state index is -2.36. The largest absolute Gasteiger partial charge is 0.308 e. The Morgan fingerprint density at radius 3 is 1.79 bits per heavy atom. The van der Waals surface area contributed by atoms with Crippen molar-refractivity contribution in [2.24, 2.45) is 0 Å². The van der Waals surface area contributed by atoms with Crippen molar-refractivity contribution < 1.29 is 31.3 Å². The van der Waals surface area contributed by atoms with Crippen LogP contribution in [0.5, 0.6) is 0 Å². The molecule has 2 aromatic carbocycles. The highest BCUT2D eigenvalue weighted by Crippen LogP contribution is 2.31. The van der Waals surface area contributed by atoms with Crippen molar-refractivity contribution >= 4 is 17.8 Å². The molecule has 0 aliphatic rings. The maximum atomic E-state index is 13.6. The van der Waals surface area contributed by atoms with E-state index in [2.05, 4.69) is 0 Å². The summed E-state index contributed by atoms with van der Waals surface area (Å²) in [5, 5.41) is 10.1. The molecule has 24 heavy (non-hydrogen) atoms. The third-order valence-electron chi connectivity index (χ3n) is 2.73. The van der Waals surface area contributed by atoms with Gasteiger partial charge in [0.2, 0.25) is 5.82 Å². The van der Waals surface area contributed by atoms with Crippen LogP contribution >= 0.6 is 11.8 Å². The van der Waals surface area contributed by atoms with Crippen LogP contribution in [0.3, 0.4) is 0 Å². The maximum Gasteiger partial charge on any atom is 0.308 e. The molecule has 0 radical (unpaired) electrons. The van der Waals surface area contributed by atoms with Crippen LogP contribution in [0.2, 0.25) is 0 Å². The zero-order valence-corrected chi connectivity index (χ0v) is 12.1. The van der Waals surface area contributed by atoms with Crippen molar-refractivity contribution in [2.45, 2.75) is 4.90 Å². The molecule has 0 heterocycles. The fourth-order valence-electron chi connectivity index (χ4n) is 1.61. The summed E-state index contributed by atoms with van der Waals surface area (Å²) in [6.07, 6.45) is 0.226. The van der Waals surface area contributed by atoms with Gasteiger partial charge in [-0.3, -0.25) is 10.1 Å². The Morgan fingerprint density at radius 1 is 0.875 bits per heavy atom. The van der Waals surface area contributed by atoms with Crippen molar-refractivity contribution in [2.75, 3.05) is 0 Å². The number of nitro groups is 1. The lowest BCUT2D eigenvalue weighted by atomic mass is 10.1. The van der Waals surface area contributed by atoms with E-state index in [1.54, 1.807) is 0 Å². The van der Waals surface area contributed by atoms with Gasteiger partial charge in [-0.1, -0.05) is 0 Å². The molecule has 2 rings (SSSR count). The number of benzene rings is 2. The van der Waals surface area contributed by atoms with Crippen LogP contribution in [-0.4, -0.2) is 4.92 Å². The molecule has 0 amide bonds. The Balaban J connectivity index is 2.53. The van der Waals surface area contributed by atoms with E-state index in [9.17, 15) is 36.5 Å². The van der Waals surface area contributed by atoms with Crippen molar-refractivity contribution in [3.8, 4) is 0 Å². The molecule has 3 nitrogen and oxygen atoms in total. The average molecular weight is 365 g/mol. The van der Waals surface area contributed by atoms with Gasteiger partial charge in [-0.2, -0.15) is 0 Å². The van der Waals surface area contributed by atoms with Gasteiger partial charge in [0.05, 0.1) is 10.5 Å². The van der Waals surface area contributed by atoms with Gasteiger partial charge in [-0.05, 0) is 36.0 Å². The quantitative estimate of drug-likeness (QED) is 0.194. The number of thioether (sulfide) groups is 1. The predicted molar refractivity (Wildman–Crippen MR) is 73.5 cm³/mol. The fourth-order valence-corrected chi connectivity index (χ4v) is 2.38. The SMILES string of the molecule is O=[N+]([O-])/C(=C\c1c(F)c(F)c(F)c(F)c1F)Sc1ccc(F)cc1. The zero-order chi connectivity index (χ0) is 18.0. The molecule has 2 aromatic rings. The first kappa shape index (κ1) is 17.9. The third-order valence-corrected chi connectivity index (χ3v) is 3.71. The first-order valence-electron chi connectivity index (χ1n) is 6.03. The van der Waals surface area contributed by atoms with Crippen LogP contribution in [0, 0.1) is 45.0 Å². The second-order valence-electron chi connectivity index (χ2n) is 4.28. The summed E-state index contributed by atoms with van der Waals surface area (Å²) in [6, 6.07) is 4.27. The molecule has 0 aromatic heterocycles. The molecule has 0 saturated carbocycles. The second-order valence-corrected chi connectivity index (χ2v) is 5.37. The summed E-state index contributed by atoms with van der Waals surface area (Å²) in [4.78, 5) is 10.0. The highest BCUT2D eigenvalue weighted by molar-refractivity contribution is 8.03. The molecule has 0 saturated heterocycles. The number of hydrogen-bond donors (Lipinski definition) is 0.